The summed E-state index contributed by atoms with van der Waals surface area (Å²) in [6.45, 7) is 18.3. The minimum atomic E-state index is -0.436. The van der Waals surface area contributed by atoms with Gasteiger partial charge in [-0.05, 0) is 27.2 Å². The molecule has 0 bridgehead atoms. The summed E-state index contributed by atoms with van der Waals surface area (Å²) in [5, 5.41) is 6.29. The zero-order chi connectivity index (χ0) is 18.3. The van der Waals surface area contributed by atoms with Gasteiger partial charge in [-0.25, -0.2) is 4.79 Å². The van der Waals surface area contributed by atoms with Crippen LogP contribution in [0.5, 0.6) is 0 Å². The van der Waals surface area contributed by atoms with E-state index in [-0.39, 0.29) is 6.09 Å². The van der Waals surface area contributed by atoms with Crippen LogP contribution in [0.4, 0.5) is 4.79 Å². The molecule has 0 radical (unpaired) electrons. The fourth-order valence-electron chi connectivity index (χ4n) is 3.64. The Kier molecular flexibility index (Phi) is 7.93. The van der Waals surface area contributed by atoms with Gasteiger partial charge in [-0.2, -0.15) is 0 Å². The number of hydrogen-bond donors (Lipinski definition) is 2. The molecule has 2 aliphatic rings. The molecule has 2 fully saturated rings. The summed E-state index contributed by atoms with van der Waals surface area (Å²) < 4.78 is 5.27. The van der Waals surface area contributed by atoms with Gasteiger partial charge in [0.15, 0.2) is 0 Å². The molecule has 146 valence electrons. The SMILES string of the molecule is CCC(N1CCNCC1)N1CCN(CCNC(=O)OC(C)(C)C)CC1. The number of carbonyl (C=O) groups is 1. The van der Waals surface area contributed by atoms with E-state index in [1.165, 1.54) is 6.42 Å². The number of nitrogens with one attached hydrogen (secondary N) is 2. The Balaban J connectivity index is 1.66. The van der Waals surface area contributed by atoms with E-state index in [0.29, 0.717) is 12.7 Å². The topological polar surface area (TPSA) is 60.1 Å². The molecule has 7 heteroatoms. The highest BCUT2D eigenvalue weighted by Gasteiger charge is 2.27. The molecule has 2 rings (SSSR count). The molecule has 0 saturated carbocycles. The van der Waals surface area contributed by atoms with Gasteiger partial charge in [0.1, 0.15) is 5.60 Å². The van der Waals surface area contributed by atoms with Gasteiger partial charge in [-0.15, -0.1) is 0 Å². The first-order valence-corrected chi connectivity index (χ1v) is 9.77. The maximum Gasteiger partial charge on any atom is 0.407 e. The van der Waals surface area contributed by atoms with Crippen LogP contribution in [0.1, 0.15) is 34.1 Å². The van der Waals surface area contributed by atoms with Gasteiger partial charge < -0.3 is 15.4 Å². The van der Waals surface area contributed by atoms with Crippen LogP contribution in [-0.2, 0) is 4.74 Å². The van der Waals surface area contributed by atoms with Gasteiger partial charge in [-0.1, -0.05) is 6.92 Å². The van der Waals surface area contributed by atoms with Crippen LogP contribution in [0.15, 0.2) is 0 Å². The Hall–Kier alpha value is -0.890. The van der Waals surface area contributed by atoms with Gasteiger partial charge >= 0.3 is 6.09 Å². The number of rotatable bonds is 6. The minimum absolute atomic E-state index is 0.323. The molecule has 2 aliphatic heterocycles. The van der Waals surface area contributed by atoms with Gasteiger partial charge in [0, 0.05) is 65.4 Å². The molecule has 0 aliphatic carbocycles. The largest absolute Gasteiger partial charge is 0.444 e. The van der Waals surface area contributed by atoms with Crippen molar-refractivity contribution in [2.45, 2.75) is 45.9 Å². The monoisotopic (exact) mass is 355 g/mol. The molecule has 1 unspecified atom stereocenters. The molecular weight excluding hydrogens is 318 g/mol. The summed E-state index contributed by atoms with van der Waals surface area (Å²) >= 11 is 0. The fraction of sp³-hybridized carbons (Fsp3) is 0.944. The molecular formula is C18H37N5O2. The van der Waals surface area contributed by atoms with Crippen molar-refractivity contribution < 1.29 is 9.53 Å². The van der Waals surface area contributed by atoms with E-state index in [2.05, 4.69) is 32.3 Å². The molecule has 1 atom stereocenters. The first-order valence-electron chi connectivity index (χ1n) is 9.77. The maximum absolute atomic E-state index is 11.7. The molecule has 0 aromatic carbocycles. The van der Waals surface area contributed by atoms with Crippen LogP contribution in [0.25, 0.3) is 0 Å². The van der Waals surface area contributed by atoms with E-state index in [4.69, 9.17) is 4.74 Å². The highest BCUT2D eigenvalue weighted by atomic mass is 16.6. The summed E-state index contributed by atoms with van der Waals surface area (Å²) in [4.78, 5) is 19.4. The predicted molar refractivity (Wildman–Crippen MR) is 101 cm³/mol. The summed E-state index contributed by atoms with van der Waals surface area (Å²) in [7, 11) is 0. The van der Waals surface area contributed by atoms with Crippen molar-refractivity contribution >= 4 is 6.09 Å². The number of ether oxygens (including phenoxy) is 1. The Morgan fingerprint density at radius 3 is 2.24 bits per heavy atom. The highest BCUT2D eigenvalue weighted by molar-refractivity contribution is 5.67. The first-order chi connectivity index (χ1) is 11.9. The number of nitrogens with zero attached hydrogens (tertiary/aromatic N) is 3. The average Bonchev–Trinajstić information content (AvgIpc) is 2.56. The van der Waals surface area contributed by atoms with Gasteiger partial charge in [0.2, 0.25) is 0 Å². The third-order valence-electron chi connectivity index (χ3n) is 4.86. The van der Waals surface area contributed by atoms with Gasteiger partial charge in [0.05, 0.1) is 6.17 Å². The van der Waals surface area contributed by atoms with Crippen molar-refractivity contribution in [2.75, 3.05) is 65.4 Å². The lowest BCUT2D eigenvalue weighted by Crippen LogP contribution is -2.59. The lowest BCUT2D eigenvalue weighted by Gasteiger charge is -2.45. The number of alkyl carbamates (subject to hydrolysis) is 1. The van der Waals surface area contributed by atoms with Crippen molar-refractivity contribution in [3.05, 3.63) is 0 Å². The molecule has 25 heavy (non-hydrogen) atoms. The standard InChI is InChI=1S/C18H37N5O2/c1-5-16(22-10-6-19-7-11-22)23-14-12-21(13-15-23)9-8-20-17(24)25-18(2,3)4/h16,19H,5-15H2,1-4H3,(H,20,24). The fourth-order valence-corrected chi connectivity index (χ4v) is 3.64. The molecule has 0 aromatic rings. The van der Waals surface area contributed by atoms with Gasteiger partial charge in [0.25, 0.3) is 0 Å². The van der Waals surface area contributed by atoms with E-state index in [1.807, 2.05) is 20.8 Å². The van der Waals surface area contributed by atoms with Crippen LogP contribution in [0.2, 0.25) is 0 Å². The van der Waals surface area contributed by atoms with Crippen LogP contribution in [0, 0.1) is 0 Å². The molecule has 1 amide bonds. The second-order valence-electron chi connectivity index (χ2n) is 7.98. The highest BCUT2D eigenvalue weighted by Crippen LogP contribution is 2.14. The summed E-state index contributed by atoms with van der Waals surface area (Å²) in [6.07, 6.45) is 1.43. The Labute approximate surface area is 153 Å². The molecule has 0 spiro atoms. The number of carbonyl (C=O) groups excluding carboxylic acids is 1. The Morgan fingerprint density at radius 2 is 1.68 bits per heavy atom. The summed E-state index contributed by atoms with van der Waals surface area (Å²) in [5.41, 5.74) is -0.436. The van der Waals surface area contributed by atoms with E-state index in [1.54, 1.807) is 0 Å². The quantitative estimate of drug-likeness (QED) is 0.734. The lowest BCUT2D eigenvalue weighted by atomic mass is 10.2. The maximum atomic E-state index is 11.7. The molecule has 2 saturated heterocycles. The summed E-state index contributed by atoms with van der Waals surface area (Å²) in [6, 6.07) is 0. The number of amides is 1. The van der Waals surface area contributed by atoms with Crippen molar-refractivity contribution in [1.29, 1.82) is 0 Å². The average molecular weight is 356 g/mol. The summed E-state index contributed by atoms with van der Waals surface area (Å²) in [5.74, 6) is 0. The molecule has 2 heterocycles. The zero-order valence-corrected chi connectivity index (χ0v) is 16.5. The number of hydrogen-bond acceptors (Lipinski definition) is 6. The van der Waals surface area contributed by atoms with Crippen molar-refractivity contribution in [3.63, 3.8) is 0 Å². The normalized spacial score (nSPS) is 22.6. The van der Waals surface area contributed by atoms with E-state index < -0.39 is 5.60 Å². The van der Waals surface area contributed by atoms with Crippen LogP contribution in [-0.4, -0.2) is 98.0 Å². The Morgan fingerprint density at radius 1 is 1.08 bits per heavy atom. The van der Waals surface area contributed by atoms with Crippen LogP contribution >= 0.6 is 0 Å². The third kappa shape index (κ3) is 7.09. The van der Waals surface area contributed by atoms with Crippen LogP contribution in [0.3, 0.4) is 0 Å². The van der Waals surface area contributed by atoms with Crippen molar-refractivity contribution in [1.82, 2.24) is 25.3 Å². The van der Waals surface area contributed by atoms with E-state index in [0.717, 1.165) is 58.9 Å². The molecule has 0 aromatic heterocycles. The second kappa shape index (κ2) is 9.71. The molecule has 7 nitrogen and oxygen atoms in total. The van der Waals surface area contributed by atoms with E-state index >= 15 is 0 Å². The van der Waals surface area contributed by atoms with Crippen molar-refractivity contribution in [3.8, 4) is 0 Å². The molecule has 2 N–H and O–H groups in total. The first kappa shape index (κ1) is 20.4. The zero-order valence-electron chi connectivity index (χ0n) is 16.5. The Bertz CT molecular complexity index is 399. The second-order valence-corrected chi connectivity index (χ2v) is 7.98. The van der Waals surface area contributed by atoms with Crippen LogP contribution < -0.4 is 10.6 Å². The van der Waals surface area contributed by atoms with Gasteiger partial charge in [-0.3, -0.25) is 14.7 Å². The lowest BCUT2D eigenvalue weighted by molar-refractivity contribution is -0.000356. The minimum Gasteiger partial charge on any atom is -0.444 e. The smallest absolute Gasteiger partial charge is 0.407 e. The predicted octanol–water partition coefficient (Wildman–Crippen LogP) is 0.770. The van der Waals surface area contributed by atoms with Crippen molar-refractivity contribution in [2.24, 2.45) is 0 Å². The third-order valence-corrected chi connectivity index (χ3v) is 4.86. The number of piperazine rings is 2. The van der Waals surface area contributed by atoms with E-state index in [9.17, 15) is 4.79 Å².